The van der Waals surface area contributed by atoms with E-state index < -0.39 is 0 Å². The van der Waals surface area contributed by atoms with Crippen molar-refractivity contribution in [1.82, 2.24) is 10.4 Å². The highest BCUT2D eigenvalue weighted by atomic mass is 32.2. The van der Waals surface area contributed by atoms with Gasteiger partial charge in [-0.1, -0.05) is 23.9 Å². The standard InChI is InChI=1S/C18H19FN4O2S/c1-4-25-17(24)15-10(2)16(20-11(15)3)14-9-26-18(23-22-14)21-13-8-6-5-7-12(13)19/h5-8,20H,4,9H2,1-3H3,(H,21,23). The van der Waals surface area contributed by atoms with Crippen LogP contribution in [0, 0.1) is 19.7 Å². The summed E-state index contributed by atoms with van der Waals surface area (Å²) in [5.74, 6) is -0.181. The van der Waals surface area contributed by atoms with E-state index in [2.05, 4.69) is 20.5 Å². The Morgan fingerprint density at radius 3 is 2.81 bits per heavy atom. The van der Waals surface area contributed by atoms with Crippen LogP contribution in [0.1, 0.15) is 34.2 Å². The lowest BCUT2D eigenvalue weighted by Crippen LogP contribution is -2.26. The van der Waals surface area contributed by atoms with Gasteiger partial charge < -0.3 is 9.72 Å². The summed E-state index contributed by atoms with van der Waals surface area (Å²) in [4.78, 5) is 19.6. The Morgan fingerprint density at radius 1 is 1.38 bits per heavy atom. The molecular formula is C18H19FN4O2S. The Morgan fingerprint density at radius 2 is 2.15 bits per heavy atom. The van der Waals surface area contributed by atoms with Gasteiger partial charge in [0.1, 0.15) is 11.5 Å². The number of halogens is 1. The molecule has 0 amide bonds. The minimum Gasteiger partial charge on any atom is -0.462 e. The number of thioether (sulfide) groups is 1. The molecule has 0 aliphatic carbocycles. The van der Waals surface area contributed by atoms with E-state index in [4.69, 9.17) is 4.74 Å². The summed E-state index contributed by atoms with van der Waals surface area (Å²) in [5.41, 5.74) is 6.75. The highest BCUT2D eigenvalue weighted by Crippen LogP contribution is 2.24. The van der Waals surface area contributed by atoms with Crippen molar-refractivity contribution in [3.63, 3.8) is 0 Å². The molecule has 1 aromatic heterocycles. The van der Waals surface area contributed by atoms with Gasteiger partial charge >= 0.3 is 5.97 Å². The molecule has 0 fully saturated rings. The molecule has 0 unspecified atom stereocenters. The predicted octanol–water partition coefficient (Wildman–Crippen LogP) is 3.68. The van der Waals surface area contributed by atoms with Gasteiger partial charge in [0.2, 0.25) is 0 Å². The fraction of sp³-hybridized carbons (Fsp3) is 0.278. The number of aromatic nitrogens is 1. The number of nitrogens with zero attached hydrogens (tertiary/aromatic N) is 2. The first kappa shape index (κ1) is 18.2. The number of benzene rings is 1. The Hall–Kier alpha value is -2.61. The smallest absolute Gasteiger partial charge is 0.340 e. The predicted molar refractivity (Wildman–Crippen MR) is 102 cm³/mol. The number of rotatable bonds is 4. The van der Waals surface area contributed by atoms with Gasteiger partial charge in [0.25, 0.3) is 0 Å². The minimum atomic E-state index is -0.382. The van der Waals surface area contributed by atoms with Crippen LogP contribution in [0.3, 0.4) is 0 Å². The van der Waals surface area contributed by atoms with Gasteiger partial charge in [-0.3, -0.25) is 5.43 Å². The van der Waals surface area contributed by atoms with Crippen LogP contribution < -0.4 is 5.43 Å². The first-order valence-electron chi connectivity index (χ1n) is 8.16. The molecule has 2 heterocycles. The van der Waals surface area contributed by atoms with Gasteiger partial charge in [-0.05, 0) is 38.5 Å². The SMILES string of the molecule is CCOC(=O)c1c(C)[nH]c(C2=NNC(=Nc3ccccc3F)SC2)c1C. The first-order valence-corrected chi connectivity index (χ1v) is 9.15. The van der Waals surface area contributed by atoms with E-state index in [9.17, 15) is 9.18 Å². The summed E-state index contributed by atoms with van der Waals surface area (Å²) < 4.78 is 18.8. The molecule has 2 N–H and O–H groups in total. The number of aliphatic imine (C=N–C) groups is 1. The van der Waals surface area contributed by atoms with Crippen molar-refractivity contribution in [2.24, 2.45) is 10.1 Å². The monoisotopic (exact) mass is 374 g/mol. The molecular weight excluding hydrogens is 355 g/mol. The zero-order valence-electron chi connectivity index (χ0n) is 14.7. The molecule has 0 atom stereocenters. The third-order valence-corrected chi connectivity index (χ3v) is 4.79. The number of aromatic amines is 1. The van der Waals surface area contributed by atoms with E-state index in [0.29, 0.717) is 23.1 Å². The van der Waals surface area contributed by atoms with Gasteiger partial charge in [-0.2, -0.15) is 5.10 Å². The number of amidine groups is 1. The first-order chi connectivity index (χ1) is 12.5. The molecule has 0 saturated carbocycles. The van der Waals surface area contributed by atoms with Crippen molar-refractivity contribution < 1.29 is 13.9 Å². The molecule has 0 radical (unpaired) electrons. The molecule has 1 aliphatic heterocycles. The molecule has 1 aromatic carbocycles. The highest BCUT2D eigenvalue weighted by molar-refractivity contribution is 8.14. The third-order valence-electron chi connectivity index (χ3n) is 3.91. The molecule has 2 aromatic rings. The van der Waals surface area contributed by atoms with E-state index in [1.54, 1.807) is 25.1 Å². The molecule has 1 aliphatic rings. The second-order valence-corrected chi connectivity index (χ2v) is 6.64. The maximum absolute atomic E-state index is 13.7. The lowest BCUT2D eigenvalue weighted by molar-refractivity contribution is 0.0525. The number of carbonyl (C=O) groups excluding carboxylic acids is 1. The Bertz CT molecular complexity index is 905. The number of hydrazone groups is 1. The van der Waals surface area contributed by atoms with Crippen LogP contribution in [0.25, 0.3) is 0 Å². The van der Waals surface area contributed by atoms with E-state index in [0.717, 1.165) is 22.7 Å². The average molecular weight is 374 g/mol. The topological polar surface area (TPSA) is 78.8 Å². The number of esters is 1. The number of H-pyrrole nitrogens is 1. The molecule has 3 rings (SSSR count). The van der Waals surface area contributed by atoms with E-state index >= 15 is 0 Å². The number of para-hydroxylation sites is 1. The molecule has 0 spiro atoms. The van der Waals surface area contributed by atoms with Gasteiger partial charge in [0.15, 0.2) is 5.17 Å². The van der Waals surface area contributed by atoms with Crippen molar-refractivity contribution in [3.05, 3.63) is 52.6 Å². The second-order valence-electron chi connectivity index (χ2n) is 5.67. The van der Waals surface area contributed by atoms with E-state index in [1.165, 1.54) is 17.8 Å². The summed E-state index contributed by atoms with van der Waals surface area (Å²) in [7, 11) is 0. The molecule has 6 nitrogen and oxygen atoms in total. The largest absolute Gasteiger partial charge is 0.462 e. The molecule has 26 heavy (non-hydrogen) atoms. The van der Waals surface area contributed by atoms with Gasteiger partial charge in [0, 0.05) is 11.4 Å². The zero-order chi connectivity index (χ0) is 18.7. The summed E-state index contributed by atoms with van der Waals surface area (Å²) in [6.45, 7) is 5.80. The Kier molecular flexibility index (Phi) is 5.41. The number of hydrogen-bond donors (Lipinski definition) is 2. The van der Waals surface area contributed by atoms with Crippen LogP contribution in [0.5, 0.6) is 0 Å². The number of carbonyl (C=O) groups is 1. The second kappa shape index (κ2) is 7.74. The lowest BCUT2D eigenvalue weighted by Gasteiger charge is -2.14. The van der Waals surface area contributed by atoms with Crippen molar-refractivity contribution in [2.75, 3.05) is 12.4 Å². The van der Waals surface area contributed by atoms with Crippen LogP contribution >= 0.6 is 11.8 Å². The molecule has 0 saturated heterocycles. The maximum Gasteiger partial charge on any atom is 0.340 e. The fourth-order valence-corrected chi connectivity index (χ4v) is 3.46. The molecule has 8 heteroatoms. The molecule has 0 bridgehead atoms. The maximum atomic E-state index is 13.7. The number of ether oxygens (including phenoxy) is 1. The average Bonchev–Trinajstić information content (AvgIpc) is 2.92. The number of aryl methyl sites for hydroxylation is 1. The van der Waals surface area contributed by atoms with E-state index in [-0.39, 0.29) is 17.5 Å². The minimum absolute atomic E-state index is 0.262. The van der Waals surface area contributed by atoms with Crippen molar-refractivity contribution >= 4 is 34.3 Å². The Labute approximate surface area is 154 Å². The summed E-state index contributed by atoms with van der Waals surface area (Å²) in [5, 5.41) is 4.86. The Balaban J connectivity index is 1.83. The summed E-state index contributed by atoms with van der Waals surface area (Å²) in [6.07, 6.45) is 0. The number of hydrogen-bond acceptors (Lipinski definition) is 5. The van der Waals surface area contributed by atoms with Crippen LogP contribution in [0.4, 0.5) is 10.1 Å². The molecule has 136 valence electrons. The highest BCUT2D eigenvalue weighted by Gasteiger charge is 2.23. The van der Waals surface area contributed by atoms with E-state index in [1.807, 2.05) is 13.8 Å². The third kappa shape index (κ3) is 3.65. The van der Waals surface area contributed by atoms with Crippen LogP contribution in [0.15, 0.2) is 34.4 Å². The van der Waals surface area contributed by atoms with Crippen LogP contribution in [-0.4, -0.2) is 34.2 Å². The van der Waals surface area contributed by atoms with Crippen LogP contribution in [-0.2, 0) is 4.74 Å². The number of nitrogens with one attached hydrogen (secondary N) is 2. The quantitative estimate of drug-likeness (QED) is 0.801. The fourth-order valence-electron chi connectivity index (χ4n) is 2.70. The van der Waals surface area contributed by atoms with Crippen molar-refractivity contribution in [3.8, 4) is 0 Å². The van der Waals surface area contributed by atoms with Crippen molar-refractivity contribution in [1.29, 1.82) is 0 Å². The summed E-state index contributed by atoms with van der Waals surface area (Å²) >= 11 is 1.42. The zero-order valence-corrected chi connectivity index (χ0v) is 15.5. The van der Waals surface area contributed by atoms with Crippen molar-refractivity contribution in [2.45, 2.75) is 20.8 Å². The summed E-state index contributed by atoms with van der Waals surface area (Å²) in [6, 6.07) is 6.32. The van der Waals surface area contributed by atoms with Crippen LogP contribution in [0.2, 0.25) is 0 Å². The van der Waals surface area contributed by atoms with Gasteiger partial charge in [0.05, 0.1) is 23.6 Å². The van der Waals surface area contributed by atoms with Gasteiger partial charge in [-0.15, -0.1) is 0 Å². The lowest BCUT2D eigenvalue weighted by atomic mass is 10.1. The van der Waals surface area contributed by atoms with Gasteiger partial charge in [-0.25, -0.2) is 14.2 Å². The normalized spacial score (nSPS) is 15.5.